The van der Waals surface area contributed by atoms with Crippen LogP contribution in [0.3, 0.4) is 0 Å². The van der Waals surface area contributed by atoms with Gasteiger partial charge in [0.1, 0.15) is 5.75 Å². The van der Waals surface area contributed by atoms with Crippen molar-refractivity contribution in [3.63, 3.8) is 0 Å². The molecule has 0 radical (unpaired) electrons. The molecule has 2 atom stereocenters. The first-order valence-corrected chi connectivity index (χ1v) is 7.32. The van der Waals surface area contributed by atoms with Crippen LogP contribution in [-0.4, -0.2) is 44.1 Å². The first kappa shape index (κ1) is 12.9. The van der Waals surface area contributed by atoms with E-state index in [9.17, 15) is 4.79 Å². The van der Waals surface area contributed by atoms with Crippen LogP contribution < -0.4 is 10.1 Å². The van der Waals surface area contributed by atoms with Gasteiger partial charge in [-0.05, 0) is 30.0 Å². The molecule has 1 amide bonds. The summed E-state index contributed by atoms with van der Waals surface area (Å²) in [5, 5.41) is 3.38. The molecule has 2 heterocycles. The summed E-state index contributed by atoms with van der Waals surface area (Å²) in [5.74, 6) is 1.95. The largest absolute Gasteiger partial charge is 0.496 e. The van der Waals surface area contributed by atoms with Gasteiger partial charge in [0, 0.05) is 30.7 Å². The summed E-state index contributed by atoms with van der Waals surface area (Å²) in [6.07, 6.45) is 0. The van der Waals surface area contributed by atoms with E-state index in [0.29, 0.717) is 23.1 Å². The number of fused-ring (bicyclic) bond motifs is 1. The number of benzene rings is 1. The number of hydrogen-bond donors (Lipinski definition) is 1. The lowest BCUT2D eigenvalue weighted by Gasteiger charge is -2.19. The van der Waals surface area contributed by atoms with Gasteiger partial charge in [-0.15, -0.1) is 0 Å². The molecule has 4 nitrogen and oxygen atoms in total. The third-order valence-corrected chi connectivity index (χ3v) is 4.56. The van der Waals surface area contributed by atoms with E-state index >= 15 is 0 Å². The van der Waals surface area contributed by atoms with Gasteiger partial charge >= 0.3 is 0 Å². The highest BCUT2D eigenvalue weighted by Gasteiger charge is 2.38. The number of methoxy groups -OCH3 is 1. The van der Waals surface area contributed by atoms with Gasteiger partial charge in [0.15, 0.2) is 0 Å². The molecule has 1 aromatic carbocycles. The van der Waals surface area contributed by atoms with Crippen molar-refractivity contribution in [2.24, 2.45) is 11.8 Å². The maximum Gasteiger partial charge on any atom is 0.257 e. The highest BCUT2D eigenvalue weighted by Crippen LogP contribution is 2.30. The van der Waals surface area contributed by atoms with Crippen molar-refractivity contribution in [2.75, 3.05) is 33.3 Å². The van der Waals surface area contributed by atoms with E-state index in [1.165, 1.54) is 0 Å². The topological polar surface area (TPSA) is 41.6 Å². The zero-order chi connectivity index (χ0) is 13.4. The molecule has 2 saturated heterocycles. The Morgan fingerprint density at radius 2 is 2.05 bits per heavy atom. The normalized spacial score (nSPS) is 25.5. The van der Waals surface area contributed by atoms with Crippen LogP contribution in [0.2, 0.25) is 0 Å². The van der Waals surface area contributed by atoms with E-state index in [-0.39, 0.29) is 5.91 Å². The molecule has 2 fully saturated rings. The number of halogens is 1. The Bertz CT molecular complexity index is 494. The van der Waals surface area contributed by atoms with Gasteiger partial charge in [0.05, 0.1) is 12.7 Å². The molecule has 0 saturated carbocycles. The monoisotopic (exact) mass is 324 g/mol. The lowest BCUT2D eigenvalue weighted by molar-refractivity contribution is 0.0778. The third kappa shape index (κ3) is 2.37. The summed E-state index contributed by atoms with van der Waals surface area (Å²) in [6.45, 7) is 3.78. The zero-order valence-electron chi connectivity index (χ0n) is 10.9. The van der Waals surface area contributed by atoms with Gasteiger partial charge in [-0.3, -0.25) is 4.79 Å². The minimum absolute atomic E-state index is 0.0822. The average molecular weight is 325 g/mol. The van der Waals surface area contributed by atoms with Gasteiger partial charge in [0.25, 0.3) is 5.91 Å². The number of carbonyl (C=O) groups excluding carboxylic acids is 1. The maximum absolute atomic E-state index is 12.6. The van der Waals surface area contributed by atoms with Crippen molar-refractivity contribution in [1.82, 2.24) is 10.2 Å². The molecule has 2 aliphatic heterocycles. The smallest absolute Gasteiger partial charge is 0.257 e. The van der Waals surface area contributed by atoms with Crippen LogP contribution >= 0.6 is 15.9 Å². The number of likely N-dealkylation sites (tertiary alicyclic amines) is 1. The van der Waals surface area contributed by atoms with E-state index in [1.807, 2.05) is 23.1 Å². The number of nitrogens with one attached hydrogen (secondary N) is 1. The van der Waals surface area contributed by atoms with E-state index < -0.39 is 0 Å². The molecule has 1 aromatic rings. The Kier molecular flexibility index (Phi) is 3.50. The Hall–Kier alpha value is -1.07. The second-order valence-electron chi connectivity index (χ2n) is 5.23. The summed E-state index contributed by atoms with van der Waals surface area (Å²) >= 11 is 3.40. The molecular weight excluding hydrogens is 308 g/mol. The van der Waals surface area contributed by atoms with Gasteiger partial charge < -0.3 is 15.0 Å². The highest BCUT2D eigenvalue weighted by atomic mass is 79.9. The summed E-state index contributed by atoms with van der Waals surface area (Å²) < 4.78 is 6.23. The molecule has 102 valence electrons. The minimum Gasteiger partial charge on any atom is -0.496 e. The van der Waals surface area contributed by atoms with Gasteiger partial charge in [-0.1, -0.05) is 15.9 Å². The van der Waals surface area contributed by atoms with Crippen LogP contribution in [0.25, 0.3) is 0 Å². The quantitative estimate of drug-likeness (QED) is 0.901. The molecule has 0 aromatic heterocycles. The van der Waals surface area contributed by atoms with Crippen molar-refractivity contribution in [3.8, 4) is 5.75 Å². The number of amides is 1. The molecule has 3 rings (SSSR count). The fourth-order valence-electron chi connectivity index (χ4n) is 3.03. The molecule has 0 spiro atoms. The average Bonchev–Trinajstić information content (AvgIpc) is 2.98. The van der Waals surface area contributed by atoms with E-state index in [2.05, 4.69) is 21.2 Å². The SMILES string of the molecule is COc1cc(Br)ccc1C(=O)N1CC2CNCC2C1. The molecule has 19 heavy (non-hydrogen) atoms. The fraction of sp³-hybridized carbons (Fsp3) is 0.500. The second-order valence-corrected chi connectivity index (χ2v) is 6.15. The maximum atomic E-state index is 12.6. The number of nitrogens with zero attached hydrogens (tertiary/aromatic N) is 1. The lowest BCUT2D eigenvalue weighted by atomic mass is 10.0. The van der Waals surface area contributed by atoms with Crippen LogP contribution in [0.1, 0.15) is 10.4 Å². The summed E-state index contributed by atoms with van der Waals surface area (Å²) in [4.78, 5) is 14.5. The van der Waals surface area contributed by atoms with Crippen molar-refractivity contribution in [1.29, 1.82) is 0 Å². The standard InChI is InChI=1S/C14H17BrN2O2/c1-19-13-4-11(15)2-3-12(13)14(18)17-7-9-5-16-6-10(9)8-17/h2-4,9-10,16H,5-8H2,1H3. The van der Waals surface area contributed by atoms with Gasteiger partial charge in [-0.2, -0.15) is 0 Å². The lowest BCUT2D eigenvalue weighted by Crippen LogP contribution is -2.32. The predicted octanol–water partition coefficient (Wildman–Crippen LogP) is 1.75. The number of rotatable bonds is 2. The van der Waals surface area contributed by atoms with Crippen LogP contribution in [0.4, 0.5) is 0 Å². The zero-order valence-corrected chi connectivity index (χ0v) is 12.4. The Morgan fingerprint density at radius 1 is 1.37 bits per heavy atom. The molecule has 0 aliphatic carbocycles. The van der Waals surface area contributed by atoms with E-state index in [1.54, 1.807) is 7.11 Å². The van der Waals surface area contributed by atoms with Crippen LogP contribution in [0.15, 0.2) is 22.7 Å². The third-order valence-electron chi connectivity index (χ3n) is 4.07. The van der Waals surface area contributed by atoms with E-state index in [4.69, 9.17) is 4.74 Å². The van der Waals surface area contributed by atoms with Crippen LogP contribution in [0.5, 0.6) is 5.75 Å². The fourth-order valence-corrected chi connectivity index (χ4v) is 3.37. The van der Waals surface area contributed by atoms with Crippen LogP contribution in [-0.2, 0) is 0 Å². The number of ether oxygens (including phenoxy) is 1. The van der Waals surface area contributed by atoms with Gasteiger partial charge in [-0.25, -0.2) is 0 Å². The van der Waals surface area contributed by atoms with Crippen molar-refractivity contribution in [2.45, 2.75) is 0 Å². The minimum atomic E-state index is 0.0822. The number of hydrogen-bond acceptors (Lipinski definition) is 3. The number of carbonyl (C=O) groups is 1. The molecule has 2 unspecified atom stereocenters. The van der Waals surface area contributed by atoms with Crippen molar-refractivity contribution in [3.05, 3.63) is 28.2 Å². The van der Waals surface area contributed by atoms with Crippen LogP contribution in [0, 0.1) is 11.8 Å². The van der Waals surface area contributed by atoms with E-state index in [0.717, 1.165) is 30.7 Å². The first-order chi connectivity index (χ1) is 9.19. The first-order valence-electron chi connectivity index (χ1n) is 6.52. The molecule has 1 N–H and O–H groups in total. The predicted molar refractivity (Wildman–Crippen MR) is 76.4 cm³/mol. The Labute approximate surface area is 121 Å². The molecule has 2 aliphatic rings. The van der Waals surface area contributed by atoms with Crippen molar-refractivity contribution >= 4 is 21.8 Å². The molecule has 0 bridgehead atoms. The summed E-state index contributed by atoms with van der Waals surface area (Å²) in [7, 11) is 1.60. The Morgan fingerprint density at radius 3 is 2.68 bits per heavy atom. The van der Waals surface area contributed by atoms with Crippen molar-refractivity contribution < 1.29 is 9.53 Å². The summed E-state index contributed by atoms with van der Waals surface area (Å²) in [5.41, 5.74) is 0.652. The molecule has 5 heteroatoms. The molecular formula is C14H17BrN2O2. The van der Waals surface area contributed by atoms with Gasteiger partial charge in [0.2, 0.25) is 0 Å². The summed E-state index contributed by atoms with van der Waals surface area (Å²) in [6, 6.07) is 5.55. The highest BCUT2D eigenvalue weighted by molar-refractivity contribution is 9.10. The second kappa shape index (κ2) is 5.13. The Balaban J connectivity index is 1.81.